The average Bonchev–Trinajstić information content (AvgIpc) is 3.18. The van der Waals surface area contributed by atoms with Crippen LogP contribution >= 0.6 is 0 Å². The van der Waals surface area contributed by atoms with Crippen LogP contribution in [0.25, 0.3) is 5.69 Å². The van der Waals surface area contributed by atoms with Crippen LogP contribution in [0.5, 0.6) is 0 Å². The lowest BCUT2D eigenvalue weighted by atomic mass is 10.2. The Morgan fingerprint density at radius 2 is 2.19 bits per heavy atom. The summed E-state index contributed by atoms with van der Waals surface area (Å²) in [5, 5.41) is 14.0. The van der Waals surface area contributed by atoms with Gasteiger partial charge in [-0.2, -0.15) is 0 Å². The fourth-order valence-corrected chi connectivity index (χ4v) is 2.06. The highest BCUT2D eigenvalue weighted by atomic mass is 19.1. The number of anilines is 1. The van der Waals surface area contributed by atoms with E-state index in [0.717, 1.165) is 12.1 Å². The smallest absolute Gasteiger partial charge is 0.146 e. The molecular formula is C14H15FN6. The third kappa shape index (κ3) is 2.91. The number of hydrogen-bond acceptors (Lipinski definition) is 4. The van der Waals surface area contributed by atoms with Crippen LogP contribution in [0.2, 0.25) is 0 Å². The molecule has 0 saturated heterocycles. The normalized spacial score (nSPS) is 10.8. The average molecular weight is 286 g/mol. The van der Waals surface area contributed by atoms with E-state index in [0.29, 0.717) is 17.9 Å². The number of tetrazole rings is 1. The van der Waals surface area contributed by atoms with Crippen LogP contribution in [0, 0.1) is 5.82 Å². The van der Waals surface area contributed by atoms with Crippen molar-refractivity contribution >= 4 is 5.69 Å². The Bertz CT molecular complexity index is 719. The minimum absolute atomic E-state index is 0.304. The SMILES string of the molecule is CCn1ccc(CNc2cc(-n3cnnn3)ccc2F)c1. The maximum absolute atomic E-state index is 13.9. The Balaban J connectivity index is 1.76. The summed E-state index contributed by atoms with van der Waals surface area (Å²) in [5.74, 6) is -0.304. The number of nitrogens with one attached hydrogen (secondary N) is 1. The third-order valence-corrected chi connectivity index (χ3v) is 3.22. The molecule has 6 nitrogen and oxygen atoms in total. The van der Waals surface area contributed by atoms with Crippen LogP contribution in [0.4, 0.5) is 10.1 Å². The van der Waals surface area contributed by atoms with Crippen LogP contribution in [-0.4, -0.2) is 24.8 Å². The van der Waals surface area contributed by atoms with Gasteiger partial charge in [-0.15, -0.1) is 5.10 Å². The van der Waals surface area contributed by atoms with Gasteiger partial charge < -0.3 is 9.88 Å². The molecule has 0 saturated carbocycles. The minimum atomic E-state index is -0.304. The lowest BCUT2D eigenvalue weighted by Crippen LogP contribution is -2.03. The van der Waals surface area contributed by atoms with Gasteiger partial charge in [-0.1, -0.05) is 0 Å². The lowest BCUT2D eigenvalue weighted by molar-refractivity contribution is 0.629. The van der Waals surface area contributed by atoms with E-state index in [1.807, 2.05) is 18.5 Å². The standard InChI is InChI=1S/C14H15FN6/c1-2-20-6-5-11(9-20)8-16-14-7-12(3-4-13(14)15)21-10-17-18-19-21/h3-7,9-10,16H,2,8H2,1H3. The van der Waals surface area contributed by atoms with E-state index < -0.39 is 0 Å². The number of hydrogen-bond donors (Lipinski definition) is 1. The van der Waals surface area contributed by atoms with E-state index in [1.54, 1.807) is 12.1 Å². The van der Waals surface area contributed by atoms with Gasteiger partial charge in [0.05, 0.1) is 11.4 Å². The zero-order valence-electron chi connectivity index (χ0n) is 11.6. The fourth-order valence-electron chi connectivity index (χ4n) is 2.06. The molecule has 2 aromatic heterocycles. The highest BCUT2D eigenvalue weighted by molar-refractivity contribution is 5.52. The van der Waals surface area contributed by atoms with Crippen LogP contribution < -0.4 is 5.32 Å². The Morgan fingerprint density at radius 3 is 2.90 bits per heavy atom. The first-order chi connectivity index (χ1) is 10.3. The van der Waals surface area contributed by atoms with Crippen molar-refractivity contribution in [2.24, 2.45) is 0 Å². The number of rotatable bonds is 5. The first kappa shape index (κ1) is 13.3. The van der Waals surface area contributed by atoms with Crippen molar-refractivity contribution < 1.29 is 4.39 Å². The zero-order valence-corrected chi connectivity index (χ0v) is 11.6. The predicted octanol–water partition coefficient (Wildman–Crippen LogP) is 2.23. The van der Waals surface area contributed by atoms with Crippen LogP contribution in [-0.2, 0) is 13.1 Å². The second kappa shape index (κ2) is 5.74. The zero-order chi connectivity index (χ0) is 14.7. The molecule has 3 aromatic rings. The number of aryl methyl sites for hydroxylation is 1. The largest absolute Gasteiger partial charge is 0.378 e. The summed E-state index contributed by atoms with van der Waals surface area (Å²) in [6.45, 7) is 3.55. The molecule has 0 spiro atoms. The van der Waals surface area contributed by atoms with Crippen molar-refractivity contribution in [1.82, 2.24) is 24.8 Å². The van der Waals surface area contributed by atoms with Crippen molar-refractivity contribution in [3.63, 3.8) is 0 Å². The molecule has 3 rings (SSSR count). The van der Waals surface area contributed by atoms with E-state index >= 15 is 0 Å². The van der Waals surface area contributed by atoms with Gasteiger partial charge in [0, 0.05) is 25.5 Å². The van der Waals surface area contributed by atoms with Gasteiger partial charge in [0.1, 0.15) is 12.1 Å². The fraction of sp³-hybridized carbons (Fsp3) is 0.214. The Kier molecular flexibility index (Phi) is 3.63. The van der Waals surface area contributed by atoms with Gasteiger partial charge in [0.25, 0.3) is 0 Å². The van der Waals surface area contributed by atoms with Gasteiger partial charge in [0.2, 0.25) is 0 Å². The number of benzene rings is 1. The molecule has 7 heteroatoms. The topological polar surface area (TPSA) is 60.6 Å². The van der Waals surface area contributed by atoms with E-state index in [1.165, 1.54) is 17.1 Å². The van der Waals surface area contributed by atoms with Gasteiger partial charge in [-0.25, -0.2) is 9.07 Å². The quantitative estimate of drug-likeness (QED) is 0.781. The molecule has 0 bridgehead atoms. The van der Waals surface area contributed by atoms with E-state index in [2.05, 4.69) is 32.3 Å². The number of halogens is 1. The highest BCUT2D eigenvalue weighted by Gasteiger charge is 2.06. The minimum Gasteiger partial charge on any atom is -0.378 e. The molecule has 1 N–H and O–H groups in total. The van der Waals surface area contributed by atoms with Crippen LogP contribution in [0.3, 0.4) is 0 Å². The van der Waals surface area contributed by atoms with Gasteiger partial charge in [-0.05, 0) is 47.2 Å². The maximum Gasteiger partial charge on any atom is 0.146 e. The number of nitrogens with zero attached hydrogens (tertiary/aromatic N) is 5. The van der Waals surface area contributed by atoms with Crippen molar-refractivity contribution in [2.45, 2.75) is 20.0 Å². The molecule has 0 aliphatic heterocycles. The predicted molar refractivity (Wildman–Crippen MR) is 76.5 cm³/mol. The molecule has 108 valence electrons. The third-order valence-electron chi connectivity index (χ3n) is 3.22. The Morgan fingerprint density at radius 1 is 1.29 bits per heavy atom. The summed E-state index contributed by atoms with van der Waals surface area (Å²) >= 11 is 0. The lowest BCUT2D eigenvalue weighted by Gasteiger charge is -2.08. The van der Waals surface area contributed by atoms with Gasteiger partial charge >= 0.3 is 0 Å². The molecule has 0 aliphatic carbocycles. The molecule has 1 aromatic carbocycles. The summed E-state index contributed by atoms with van der Waals surface area (Å²) in [5.41, 5.74) is 2.23. The molecule has 0 aliphatic rings. The first-order valence-corrected chi connectivity index (χ1v) is 6.67. The molecule has 2 heterocycles. The molecule has 0 fully saturated rings. The monoisotopic (exact) mass is 286 g/mol. The summed E-state index contributed by atoms with van der Waals surface area (Å²) < 4.78 is 17.4. The van der Waals surface area contributed by atoms with Crippen molar-refractivity contribution in [3.8, 4) is 5.69 Å². The molecule has 21 heavy (non-hydrogen) atoms. The molecule has 0 amide bonds. The Hall–Kier alpha value is -2.70. The summed E-state index contributed by atoms with van der Waals surface area (Å²) in [6, 6.07) is 6.73. The van der Waals surface area contributed by atoms with Crippen LogP contribution in [0.1, 0.15) is 12.5 Å². The summed E-state index contributed by atoms with van der Waals surface area (Å²) in [6.07, 6.45) is 5.51. The van der Waals surface area contributed by atoms with E-state index in [-0.39, 0.29) is 5.82 Å². The Labute approximate surface area is 121 Å². The van der Waals surface area contributed by atoms with E-state index in [9.17, 15) is 4.39 Å². The van der Waals surface area contributed by atoms with Gasteiger partial charge in [0.15, 0.2) is 0 Å². The summed E-state index contributed by atoms with van der Waals surface area (Å²) in [7, 11) is 0. The van der Waals surface area contributed by atoms with E-state index in [4.69, 9.17) is 0 Å². The van der Waals surface area contributed by atoms with Crippen LogP contribution in [0.15, 0.2) is 43.0 Å². The molecular weight excluding hydrogens is 271 g/mol. The summed E-state index contributed by atoms with van der Waals surface area (Å²) in [4.78, 5) is 0. The molecule has 0 radical (unpaired) electrons. The second-order valence-electron chi connectivity index (χ2n) is 4.62. The molecule has 0 unspecified atom stereocenters. The highest BCUT2D eigenvalue weighted by Crippen LogP contribution is 2.19. The van der Waals surface area contributed by atoms with Crippen molar-refractivity contribution in [3.05, 3.63) is 54.4 Å². The maximum atomic E-state index is 13.9. The van der Waals surface area contributed by atoms with Gasteiger partial charge in [-0.3, -0.25) is 0 Å². The van der Waals surface area contributed by atoms with Crippen molar-refractivity contribution in [2.75, 3.05) is 5.32 Å². The molecule has 0 atom stereocenters. The van der Waals surface area contributed by atoms with Crippen molar-refractivity contribution in [1.29, 1.82) is 0 Å². The first-order valence-electron chi connectivity index (χ1n) is 6.67. The number of aromatic nitrogens is 5. The second-order valence-corrected chi connectivity index (χ2v) is 4.62.